The lowest BCUT2D eigenvalue weighted by molar-refractivity contribution is -0.129. The zero-order chi connectivity index (χ0) is 37.5. The van der Waals surface area contributed by atoms with Crippen LogP contribution >= 0.6 is 23.2 Å². The van der Waals surface area contributed by atoms with Crippen molar-refractivity contribution in [3.8, 4) is 28.7 Å². The number of imide groups is 1. The number of ether oxygens (including phenoxy) is 6. The van der Waals surface area contributed by atoms with Crippen LogP contribution in [0.1, 0.15) is 13.3 Å². The first-order chi connectivity index (χ1) is 25.7. The van der Waals surface area contributed by atoms with Gasteiger partial charge in [0.25, 0.3) is 5.91 Å². The molecule has 5 rings (SSSR count). The van der Waals surface area contributed by atoms with Crippen molar-refractivity contribution in [1.29, 1.82) is 0 Å². The van der Waals surface area contributed by atoms with Crippen molar-refractivity contribution in [3.05, 3.63) is 107 Å². The molecule has 0 spiro atoms. The van der Waals surface area contributed by atoms with Crippen LogP contribution < -0.4 is 29.7 Å². The molecule has 2 unspecified atom stereocenters. The van der Waals surface area contributed by atoms with E-state index in [9.17, 15) is 14.7 Å². The van der Waals surface area contributed by atoms with Gasteiger partial charge in [0.1, 0.15) is 30.0 Å². The highest BCUT2D eigenvalue weighted by Crippen LogP contribution is 2.38. The molecule has 2 amide bonds. The molecule has 53 heavy (non-hydrogen) atoms. The van der Waals surface area contributed by atoms with E-state index in [1.54, 1.807) is 25.1 Å². The van der Waals surface area contributed by atoms with E-state index in [0.29, 0.717) is 91.4 Å². The summed E-state index contributed by atoms with van der Waals surface area (Å²) in [6.45, 7) is 5.22. The monoisotopic (exact) mass is 767 g/mol. The predicted octanol–water partition coefficient (Wildman–Crippen LogP) is 6.86. The Kier molecular flexibility index (Phi) is 15.1. The summed E-state index contributed by atoms with van der Waals surface area (Å²) in [6.07, 6.45) is -1.23. The second kappa shape index (κ2) is 20.2. The average Bonchev–Trinajstić information content (AvgIpc) is 3.37. The summed E-state index contributed by atoms with van der Waals surface area (Å²) in [5.41, 5.74) is -1.04. The van der Waals surface area contributed by atoms with E-state index in [1.807, 2.05) is 60.7 Å². The number of carbonyl (C=O) groups is 2. The summed E-state index contributed by atoms with van der Waals surface area (Å²) in [5, 5.41) is 17.4. The molecule has 3 N–H and O–H groups in total. The van der Waals surface area contributed by atoms with E-state index in [1.165, 1.54) is 18.2 Å². The molecule has 1 aliphatic heterocycles. The van der Waals surface area contributed by atoms with Gasteiger partial charge in [-0.25, -0.2) is 9.69 Å². The molecular formula is C39H43Cl2N3O9. The number of hydrogen-bond donors (Lipinski definition) is 3. The number of aliphatic hydroxyl groups is 1. The van der Waals surface area contributed by atoms with Gasteiger partial charge in [-0.2, -0.15) is 0 Å². The van der Waals surface area contributed by atoms with Crippen molar-refractivity contribution in [2.75, 3.05) is 64.1 Å². The normalized spacial score (nSPS) is 16.0. The smallest absolute Gasteiger partial charge is 0.422 e. The lowest BCUT2D eigenvalue weighted by atomic mass is 10.0. The second-order valence-electron chi connectivity index (χ2n) is 12.2. The Labute approximate surface area is 318 Å². The topological polar surface area (TPSA) is 137 Å². The first-order valence-electron chi connectivity index (χ1n) is 17.2. The number of rotatable bonds is 22. The number of carbonyl (C=O) groups excluding carboxylic acids is 2. The SMILES string of the molecule is CC1(CCNCCOCCOCCNCC(O)COc2ccc(Oc3ccccc3)c(Oc3ccccc3)c2)OC(=O)N(c2cc(Cl)cc(Cl)c2)C1=O. The van der Waals surface area contributed by atoms with Gasteiger partial charge < -0.3 is 44.2 Å². The van der Waals surface area contributed by atoms with Crippen molar-refractivity contribution < 1.29 is 43.1 Å². The van der Waals surface area contributed by atoms with Crippen LogP contribution in [0.3, 0.4) is 0 Å². The average molecular weight is 769 g/mol. The van der Waals surface area contributed by atoms with Crippen LogP contribution in [0.4, 0.5) is 10.5 Å². The maximum Gasteiger partial charge on any atom is 0.422 e. The summed E-state index contributed by atoms with van der Waals surface area (Å²) in [6, 6.07) is 28.6. The Balaban J connectivity index is 0.900. The van der Waals surface area contributed by atoms with E-state index in [-0.39, 0.29) is 18.7 Å². The predicted molar refractivity (Wildman–Crippen MR) is 202 cm³/mol. The fraction of sp³-hybridized carbons (Fsp3) is 0.333. The number of hydrogen-bond acceptors (Lipinski definition) is 11. The summed E-state index contributed by atoms with van der Waals surface area (Å²) in [4.78, 5) is 26.4. The number of aliphatic hydroxyl groups excluding tert-OH is 1. The van der Waals surface area contributed by atoms with Crippen LogP contribution in [0.5, 0.6) is 28.7 Å². The maximum atomic E-state index is 13.0. The minimum atomic E-state index is -1.31. The van der Waals surface area contributed by atoms with Crippen molar-refractivity contribution in [2.45, 2.75) is 25.0 Å². The molecule has 0 saturated carbocycles. The van der Waals surface area contributed by atoms with Gasteiger partial charge in [-0.3, -0.25) is 4.79 Å². The number of nitrogens with zero attached hydrogens (tertiary/aromatic N) is 1. The third-order valence-electron chi connectivity index (χ3n) is 7.93. The molecular weight excluding hydrogens is 725 g/mol. The Hall–Kier alpha value is -4.40. The molecule has 0 bridgehead atoms. The Morgan fingerprint density at radius 3 is 1.98 bits per heavy atom. The molecule has 12 nitrogen and oxygen atoms in total. The Morgan fingerprint density at radius 1 is 0.736 bits per heavy atom. The highest BCUT2D eigenvalue weighted by Gasteiger charge is 2.50. The van der Waals surface area contributed by atoms with E-state index < -0.39 is 23.7 Å². The molecule has 282 valence electrons. The molecule has 1 aliphatic rings. The van der Waals surface area contributed by atoms with E-state index in [0.717, 1.165) is 4.90 Å². The highest BCUT2D eigenvalue weighted by molar-refractivity contribution is 6.35. The fourth-order valence-electron chi connectivity index (χ4n) is 5.21. The van der Waals surface area contributed by atoms with Crippen LogP contribution in [0.15, 0.2) is 97.1 Å². The molecule has 0 aliphatic carbocycles. The van der Waals surface area contributed by atoms with Crippen molar-refractivity contribution in [3.63, 3.8) is 0 Å². The minimum Gasteiger partial charge on any atom is -0.491 e. The van der Waals surface area contributed by atoms with Gasteiger partial charge in [-0.05, 0) is 68.1 Å². The van der Waals surface area contributed by atoms with Crippen LogP contribution in [0, 0.1) is 0 Å². The molecule has 1 heterocycles. The van der Waals surface area contributed by atoms with Gasteiger partial charge in [-0.15, -0.1) is 0 Å². The zero-order valence-corrected chi connectivity index (χ0v) is 30.8. The molecule has 1 fully saturated rings. The van der Waals surface area contributed by atoms with E-state index in [2.05, 4.69) is 10.6 Å². The van der Waals surface area contributed by atoms with E-state index in [4.69, 9.17) is 51.6 Å². The van der Waals surface area contributed by atoms with Crippen LogP contribution in [-0.2, 0) is 19.0 Å². The highest BCUT2D eigenvalue weighted by atomic mass is 35.5. The van der Waals surface area contributed by atoms with Crippen LogP contribution in [-0.4, -0.2) is 88.0 Å². The number of cyclic esters (lactones) is 1. The second-order valence-corrected chi connectivity index (χ2v) is 13.1. The number of nitrogens with one attached hydrogen (secondary N) is 2. The number of benzene rings is 4. The third-order valence-corrected chi connectivity index (χ3v) is 8.37. The van der Waals surface area contributed by atoms with Crippen LogP contribution in [0.2, 0.25) is 10.0 Å². The standard InChI is InChI=1S/C39H43Cl2N3O9/c1-39(37(46)44(38(47)53-39)30-23-28(40)22-29(41)24-30)14-15-42-16-18-48-20-21-49-19-17-43-26-31(45)27-50-34-12-13-35(51-32-8-4-2-5-9-32)36(25-34)52-33-10-6-3-7-11-33/h2-13,22-25,31,42-43,45H,14-21,26-27H2,1H3. The number of amides is 2. The van der Waals surface area contributed by atoms with Gasteiger partial charge in [0, 0.05) is 42.2 Å². The van der Waals surface area contributed by atoms with Gasteiger partial charge in [0.2, 0.25) is 0 Å². The lowest BCUT2D eigenvalue weighted by Gasteiger charge is -2.20. The number of anilines is 1. The molecule has 14 heteroatoms. The van der Waals surface area contributed by atoms with Gasteiger partial charge in [0.15, 0.2) is 17.1 Å². The summed E-state index contributed by atoms with van der Waals surface area (Å²) < 4.78 is 34.6. The third kappa shape index (κ3) is 12.3. The fourth-order valence-corrected chi connectivity index (χ4v) is 5.72. The zero-order valence-electron chi connectivity index (χ0n) is 29.3. The lowest BCUT2D eigenvalue weighted by Crippen LogP contribution is -2.41. The Morgan fingerprint density at radius 2 is 1.34 bits per heavy atom. The van der Waals surface area contributed by atoms with Crippen molar-refractivity contribution in [2.24, 2.45) is 0 Å². The molecule has 0 radical (unpaired) electrons. The first kappa shape index (κ1) is 39.8. The Bertz CT molecular complexity index is 1750. The summed E-state index contributed by atoms with van der Waals surface area (Å²) >= 11 is 12.1. The molecule has 4 aromatic carbocycles. The van der Waals surface area contributed by atoms with E-state index >= 15 is 0 Å². The number of para-hydroxylation sites is 2. The van der Waals surface area contributed by atoms with Crippen LogP contribution in [0.25, 0.3) is 0 Å². The van der Waals surface area contributed by atoms with Gasteiger partial charge in [0.05, 0.1) is 32.1 Å². The molecule has 4 aromatic rings. The van der Waals surface area contributed by atoms with Gasteiger partial charge in [-0.1, -0.05) is 59.6 Å². The van der Waals surface area contributed by atoms with Crippen molar-refractivity contribution >= 4 is 40.9 Å². The first-order valence-corrected chi connectivity index (χ1v) is 18.0. The molecule has 2 atom stereocenters. The summed E-state index contributed by atoms with van der Waals surface area (Å²) in [5.74, 6) is 2.41. The van der Waals surface area contributed by atoms with Crippen molar-refractivity contribution in [1.82, 2.24) is 10.6 Å². The maximum absolute atomic E-state index is 13.0. The largest absolute Gasteiger partial charge is 0.491 e. The quantitative estimate of drug-likeness (QED) is 0.0724. The van der Waals surface area contributed by atoms with Gasteiger partial charge >= 0.3 is 6.09 Å². The number of halogens is 2. The molecule has 0 aromatic heterocycles. The minimum absolute atomic E-state index is 0.0802. The molecule has 1 saturated heterocycles. The summed E-state index contributed by atoms with van der Waals surface area (Å²) in [7, 11) is 0.